The van der Waals surface area contributed by atoms with E-state index in [4.69, 9.17) is 26.4 Å². The molecule has 1 saturated heterocycles. The van der Waals surface area contributed by atoms with Crippen LogP contribution in [-0.4, -0.2) is 68.5 Å². The Morgan fingerprint density at radius 1 is 1.06 bits per heavy atom. The quantitative estimate of drug-likeness (QED) is 0.622. The molecule has 0 saturated carbocycles. The topological polar surface area (TPSA) is 46.2 Å². The lowest BCUT2D eigenvalue weighted by atomic mass is 10.1. The fourth-order valence-corrected chi connectivity index (χ4v) is 3.99. The Balaban J connectivity index is 1.77. The van der Waals surface area contributed by atoms with Crippen LogP contribution in [0.3, 0.4) is 0 Å². The smallest absolute Gasteiger partial charge is 0.173 e. The number of nitrogens with zero attached hydrogens (tertiary/aromatic N) is 2. The maximum absolute atomic E-state index is 5.87. The molecule has 1 fully saturated rings. The summed E-state index contributed by atoms with van der Waals surface area (Å²) in [6.07, 6.45) is 0. The number of benzene rings is 2. The monoisotopic (exact) mass is 443 g/mol. The van der Waals surface area contributed by atoms with Crippen molar-refractivity contribution in [2.24, 2.45) is 0 Å². The van der Waals surface area contributed by atoms with Crippen molar-refractivity contribution in [2.45, 2.75) is 20.4 Å². The van der Waals surface area contributed by atoms with E-state index in [0.29, 0.717) is 6.54 Å². The molecule has 168 valence electrons. The SMILES string of the molecule is COc1ccc(CN(CCN2CCOCC2)C(=S)Nc2c(C)cccc2C)cc1OC. The van der Waals surface area contributed by atoms with Crippen LogP contribution in [0, 0.1) is 13.8 Å². The zero-order valence-corrected chi connectivity index (χ0v) is 19.8. The molecule has 2 aromatic carbocycles. The van der Waals surface area contributed by atoms with Gasteiger partial charge in [-0.3, -0.25) is 4.90 Å². The summed E-state index contributed by atoms with van der Waals surface area (Å²) in [7, 11) is 3.31. The second-order valence-electron chi connectivity index (χ2n) is 7.76. The van der Waals surface area contributed by atoms with Gasteiger partial charge < -0.3 is 24.4 Å². The predicted octanol–water partition coefficient (Wildman–Crippen LogP) is 3.85. The van der Waals surface area contributed by atoms with Crippen LogP contribution in [0.2, 0.25) is 0 Å². The normalized spacial score (nSPS) is 14.2. The molecule has 0 atom stereocenters. The highest BCUT2D eigenvalue weighted by molar-refractivity contribution is 7.80. The third kappa shape index (κ3) is 6.32. The van der Waals surface area contributed by atoms with Gasteiger partial charge in [-0.1, -0.05) is 24.3 Å². The number of para-hydroxylation sites is 1. The summed E-state index contributed by atoms with van der Waals surface area (Å²) in [6.45, 7) is 10.1. The molecule has 1 aliphatic rings. The molecule has 0 radical (unpaired) electrons. The first-order chi connectivity index (χ1) is 15.0. The van der Waals surface area contributed by atoms with Crippen LogP contribution in [0.4, 0.5) is 5.69 Å². The lowest BCUT2D eigenvalue weighted by Crippen LogP contribution is -2.44. The van der Waals surface area contributed by atoms with Gasteiger partial charge in [0.15, 0.2) is 16.6 Å². The van der Waals surface area contributed by atoms with E-state index < -0.39 is 0 Å². The molecule has 0 bridgehead atoms. The Labute approximate surface area is 191 Å². The van der Waals surface area contributed by atoms with Gasteiger partial charge in [0.05, 0.1) is 27.4 Å². The third-order valence-electron chi connectivity index (χ3n) is 5.61. The van der Waals surface area contributed by atoms with Gasteiger partial charge in [0.25, 0.3) is 0 Å². The number of morpholine rings is 1. The number of thiocarbonyl (C=S) groups is 1. The molecule has 0 aromatic heterocycles. The van der Waals surface area contributed by atoms with Crippen molar-refractivity contribution in [1.82, 2.24) is 9.80 Å². The minimum absolute atomic E-state index is 0.682. The molecule has 1 heterocycles. The van der Waals surface area contributed by atoms with Gasteiger partial charge in [0, 0.05) is 38.4 Å². The number of ether oxygens (including phenoxy) is 3. The molecule has 0 amide bonds. The third-order valence-corrected chi connectivity index (χ3v) is 5.97. The van der Waals surface area contributed by atoms with Crippen molar-refractivity contribution in [3.8, 4) is 11.5 Å². The number of nitrogens with one attached hydrogen (secondary N) is 1. The summed E-state index contributed by atoms with van der Waals surface area (Å²) in [5.74, 6) is 1.45. The number of anilines is 1. The number of hydrogen-bond donors (Lipinski definition) is 1. The van der Waals surface area contributed by atoms with E-state index in [1.165, 1.54) is 11.1 Å². The van der Waals surface area contributed by atoms with Gasteiger partial charge in [-0.05, 0) is 54.9 Å². The van der Waals surface area contributed by atoms with Gasteiger partial charge in [-0.2, -0.15) is 0 Å². The molecule has 7 heteroatoms. The lowest BCUT2D eigenvalue weighted by Gasteiger charge is -2.32. The standard InChI is InChI=1S/C24H33N3O3S/c1-18-6-5-7-19(2)23(18)25-24(31)27(11-10-26-12-14-30-15-13-26)17-20-8-9-21(28-3)22(16-20)29-4/h5-9,16H,10-15,17H2,1-4H3,(H,25,31). The lowest BCUT2D eigenvalue weighted by molar-refractivity contribution is 0.0358. The molecule has 31 heavy (non-hydrogen) atoms. The van der Waals surface area contributed by atoms with E-state index in [1.54, 1.807) is 14.2 Å². The first-order valence-electron chi connectivity index (χ1n) is 10.6. The predicted molar refractivity (Wildman–Crippen MR) is 129 cm³/mol. The summed E-state index contributed by atoms with van der Waals surface area (Å²) in [6, 6.07) is 12.3. The summed E-state index contributed by atoms with van der Waals surface area (Å²) >= 11 is 5.87. The van der Waals surface area contributed by atoms with Gasteiger partial charge >= 0.3 is 0 Å². The van der Waals surface area contributed by atoms with Crippen LogP contribution in [0.15, 0.2) is 36.4 Å². The summed E-state index contributed by atoms with van der Waals surface area (Å²) in [5.41, 5.74) is 4.56. The number of rotatable bonds is 8. The largest absolute Gasteiger partial charge is 0.493 e. The molecule has 1 aliphatic heterocycles. The summed E-state index contributed by atoms with van der Waals surface area (Å²) < 4.78 is 16.4. The second kappa shape index (κ2) is 11.3. The minimum Gasteiger partial charge on any atom is -0.493 e. The van der Waals surface area contributed by atoms with Crippen molar-refractivity contribution < 1.29 is 14.2 Å². The first kappa shape index (κ1) is 23.3. The Hall–Kier alpha value is -2.35. The van der Waals surface area contributed by atoms with E-state index in [1.807, 2.05) is 12.1 Å². The maximum Gasteiger partial charge on any atom is 0.173 e. The molecule has 0 spiro atoms. The fraction of sp³-hybridized carbons (Fsp3) is 0.458. The van der Waals surface area contributed by atoms with E-state index in [2.05, 4.69) is 53.2 Å². The van der Waals surface area contributed by atoms with Crippen molar-refractivity contribution in [3.05, 3.63) is 53.1 Å². The molecule has 1 N–H and O–H groups in total. The minimum atomic E-state index is 0.682. The number of hydrogen-bond acceptors (Lipinski definition) is 5. The molecule has 0 aliphatic carbocycles. The van der Waals surface area contributed by atoms with E-state index in [9.17, 15) is 0 Å². The van der Waals surface area contributed by atoms with Crippen molar-refractivity contribution in [2.75, 3.05) is 58.9 Å². The molecule has 3 rings (SSSR count). The summed E-state index contributed by atoms with van der Waals surface area (Å²) in [4.78, 5) is 4.64. The summed E-state index contributed by atoms with van der Waals surface area (Å²) in [5, 5.41) is 4.22. The Kier molecular flexibility index (Phi) is 8.51. The van der Waals surface area contributed by atoms with Crippen LogP contribution < -0.4 is 14.8 Å². The molecule has 0 unspecified atom stereocenters. The molecular formula is C24H33N3O3S. The molecular weight excluding hydrogens is 410 g/mol. The van der Waals surface area contributed by atoms with Gasteiger partial charge in [0.1, 0.15) is 0 Å². The van der Waals surface area contributed by atoms with Gasteiger partial charge in [0.2, 0.25) is 0 Å². The molecule has 6 nitrogen and oxygen atoms in total. The molecule has 2 aromatic rings. The highest BCUT2D eigenvalue weighted by Crippen LogP contribution is 2.28. The fourth-order valence-electron chi connectivity index (χ4n) is 3.74. The van der Waals surface area contributed by atoms with Crippen molar-refractivity contribution >= 4 is 23.0 Å². The number of aryl methyl sites for hydroxylation is 2. The van der Waals surface area contributed by atoms with Gasteiger partial charge in [-0.25, -0.2) is 0 Å². The van der Waals surface area contributed by atoms with E-state index >= 15 is 0 Å². The van der Waals surface area contributed by atoms with E-state index in [-0.39, 0.29) is 0 Å². The van der Waals surface area contributed by atoms with Crippen LogP contribution in [-0.2, 0) is 11.3 Å². The van der Waals surface area contributed by atoms with Crippen LogP contribution >= 0.6 is 12.2 Å². The highest BCUT2D eigenvalue weighted by atomic mass is 32.1. The van der Waals surface area contributed by atoms with Gasteiger partial charge in [-0.15, -0.1) is 0 Å². The Bertz CT molecular complexity index is 864. The average Bonchev–Trinajstić information content (AvgIpc) is 2.79. The zero-order chi connectivity index (χ0) is 22.2. The van der Waals surface area contributed by atoms with Crippen molar-refractivity contribution in [1.29, 1.82) is 0 Å². The van der Waals surface area contributed by atoms with Crippen molar-refractivity contribution in [3.63, 3.8) is 0 Å². The number of methoxy groups -OCH3 is 2. The maximum atomic E-state index is 5.87. The zero-order valence-electron chi connectivity index (χ0n) is 18.9. The Morgan fingerprint density at radius 2 is 1.74 bits per heavy atom. The van der Waals surface area contributed by atoms with Crippen LogP contribution in [0.1, 0.15) is 16.7 Å². The second-order valence-corrected chi connectivity index (χ2v) is 8.15. The highest BCUT2D eigenvalue weighted by Gasteiger charge is 2.17. The van der Waals surface area contributed by atoms with Crippen LogP contribution in [0.25, 0.3) is 0 Å². The first-order valence-corrected chi connectivity index (χ1v) is 11.1. The van der Waals surface area contributed by atoms with Crippen LogP contribution in [0.5, 0.6) is 11.5 Å². The Morgan fingerprint density at radius 3 is 2.39 bits per heavy atom. The van der Waals surface area contributed by atoms with E-state index in [0.717, 1.165) is 67.3 Å². The average molecular weight is 444 g/mol.